The summed E-state index contributed by atoms with van der Waals surface area (Å²) in [6, 6.07) is 21.2. The molecule has 0 aromatic heterocycles. The first-order chi connectivity index (χ1) is 17.7. The van der Waals surface area contributed by atoms with Crippen molar-refractivity contribution in [3.8, 4) is 5.75 Å². The van der Waals surface area contributed by atoms with E-state index in [0.717, 1.165) is 15.4 Å². The summed E-state index contributed by atoms with van der Waals surface area (Å²) in [6.07, 6.45) is 0. The number of amides is 2. The standard InChI is InChI=1S/C28H33N3O5S/c1-5-29-28(33)22(3)30(19-23-13-10-9-12-21(23)2)27(32)20-31(24-14-11-15-25(18-24)36-4)37(34,35)26-16-7-6-8-17-26/h6-18,22H,5,19-20H2,1-4H3,(H,29,33)/t22-/m0/s1. The lowest BCUT2D eigenvalue weighted by Crippen LogP contribution is -2.51. The normalized spacial score (nSPS) is 11.9. The number of ether oxygens (including phenoxy) is 1. The molecule has 0 radical (unpaired) electrons. The van der Waals surface area contributed by atoms with Gasteiger partial charge in [-0.25, -0.2) is 8.42 Å². The molecule has 0 saturated carbocycles. The van der Waals surface area contributed by atoms with Crippen LogP contribution in [0.2, 0.25) is 0 Å². The molecule has 9 heteroatoms. The number of likely N-dealkylation sites (N-methyl/N-ethyl adjacent to an activating group) is 1. The fraction of sp³-hybridized carbons (Fsp3) is 0.286. The predicted octanol–water partition coefficient (Wildman–Crippen LogP) is 3.75. The molecule has 1 N–H and O–H groups in total. The van der Waals surface area contributed by atoms with Crippen molar-refractivity contribution in [1.82, 2.24) is 10.2 Å². The number of benzene rings is 3. The van der Waals surface area contributed by atoms with Gasteiger partial charge < -0.3 is 15.0 Å². The zero-order valence-corrected chi connectivity index (χ0v) is 22.4. The van der Waals surface area contributed by atoms with Crippen molar-refractivity contribution < 1.29 is 22.7 Å². The van der Waals surface area contributed by atoms with E-state index >= 15 is 0 Å². The molecule has 0 unspecified atom stereocenters. The van der Waals surface area contributed by atoms with Gasteiger partial charge in [0.15, 0.2) is 0 Å². The average molecular weight is 524 g/mol. The largest absolute Gasteiger partial charge is 0.497 e. The maximum Gasteiger partial charge on any atom is 0.264 e. The van der Waals surface area contributed by atoms with E-state index in [1.807, 2.05) is 31.2 Å². The molecule has 2 amide bonds. The van der Waals surface area contributed by atoms with Gasteiger partial charge >= 0.3 is 0 Å². The van der Waals surface area contributed by atoms with E-state index in [-0.39, 0.29) is 23.0 Å². The van der Waals surface area contributed by atoms with Crippen molar-refractivity contribution in [2.24, 2.45) is 0 Å². The first-order valence-electron chi connectivity index (χ1n) is 12.0. The maximum absolute atomic E-state index is 13.8. The Hall–Kier alpha value is -3.85. The van der Waals surface area contributed by atoms with Gasteiger partial charge in [-0.15, -0.1) is 0 Å². The van der Waals surface area contributed by atoms with Gasteiger partial charge in [0.05, 0.1) is 17.7 Å². The number of carbonyl (C=O) groups is 2. The van der Waals surface area contributed by atoms with Gasteiger partial charge in [-0.05, 0) is 56.2 Å². The van der Waals surface area contributed by atoms with Crippen LogP contribution in [0, 0.1) is 6.92 Å². The molecule has 196 valence electrons. The van der Waals surface area contributed by atoms with E-state index in [4.69, 9.17) is 4.74 Å². The minimum atomic E-state index is -4.12. The summed E-state index contributed by atoms with van der Waals surface area (Å²) >= 11 is 0. The third-order valence-electron chi connectivity index (χ3n) is 6.07. The number of sulfonamides is 1. The second kappa shape index (κ2) is 12.4. The van der Waals surface area contributed by atoms with E-state index < -0.39 is 28.5 Å². The van der Waals surface area contributed by atoms with Crippen molar-refractivity contribution >= 4 is 27.5 Å². The Balaban J connectivity index is 2.05. The highest BCUT2D eigenvalue weighted by molar-refractivity contribution is 7.92. The summed E-state index contributed by atoms with van der Waals surface area (Å²) < 4.78 is 33.8. The summed E-state index contributed by atoms with van der Waals surface area (Å²) in [5, 5.41) is 2.76. The Morgan fingerprint density at radius 2 is 1.65 bits per heavy atom. The molecule has 0 spiro atoms. The van der Waals surface area contributed by atoms with Crippen LogP contribution >= 0.6 is 0 Å². The number of hydrogen-bond acceptors (Lipinski definition) is 5. The smallest absolute Gasteiger partial charge is 0.264 e. The molecule has 0 aliphatic rings. The third-order valence-corrected chi connectivity index (χ3v) is 7.86. The molecular formula is C28H33N3O5S. The van der Waals surface area contributed by atoms with Crippen LogP contribution in [0.3, 0.4) is 0 Å². The molecule has 0 aliphatic carbocycles. The molecule has 0 fully saturated rings. The summed E-state index contributed by atoms with van der Waals surface area (Å²) in [5.41, 5.74) is 2.11. The van der Waals surface area contributed by atoms with Gasteiger partial charge in [-0.3, -0.25) is 13.9 Å². The summed E-state index contributed by atoms with van der Waals surface area (Å²) in [4.78, 5) is 28.1. The van der Waals surface area contributed by atoms with E-state index in [1.54, 1.807) is 56.3 Å². The lowest BCUT2D eigenvalue weighted by Gasteiger charge is -2.32. The molecule has 0 bridgehead atoms. The van der Waals surface area contributed by atoms with Crippen LogP contribution in [0.5, 0.6) is 5.75 Å². The number of aryl methyl sites for hydroxylation is 1. The molecule has 3 aromatic carbocycles. The molecular weight excluding hydrogens is 490 g/mol. The molecule has 37 heavy (non-hydrogen) atoms. The first kappa shape index (κ1) is 27.7. The van der Waals surface area contributed by atoms with Gasteiger partial charge in [0, 0.05) is 19.2 Å². The highest BCUT2D eigenvalue weighted by Crippen LogP contribution is 2.27. The van der Waals surface area contributed by atoms with Gasteiger partial charge in [0.25, 0.3) is 10.0 Å². The zero-order chi connectivity index (χ0) is 27.0. The van der Waals surface area contributed by atoms with E-state index in [0.29, 0.717) is 12.3 Å². The van der Waals surface area contributed by atoms with E-state index in [2.05, 4.69) is 5.32 Å². The number of nitrogens with one attached hydrogen (secondary N) is 1. The van der Waals surface area contributed by atoms with Crippen molar-refractivity contribution in [3.05, 3.63) is 90.0 Å². The summed E-state index contributed by atoms with van der Waals surface area (Å²) in [5.74, 6) is -0.377. The average Bonchev–Trinajstić information content (AvgIpc) is 2.91. The number of hydrogen-bond donors (Lipinski definition) is 1. The number of anilines is 1. The predicted molar refractivity (Wildman–Crippen MR) is 144 cm³/mol. The zero-order valence-electron chi connectivity index (χ0n) is 21.5. The van der Waals surface area contributed by atoms with Crippen LogP contribution in [0.1, 0.15) is 25.0 Å². The first-order valence-corrected chi connectivity index (χ1v) is 13.5. The Bertz CT molecular complexity index is 1330. The van der Waals surface area contributed by atoms with Crippen LogP contribution < -0.4 is 14.4 Å². The van der Waals surface area contributed by atoms with Crippen molar-refractivity contribution in [1.29, 1.82) is 0 Å². The summed E-state index contributed by atoms with van der Waals surface area (Å²) in [6.45, 7) is 5.43. The topological polar surface area (TPSA) is 96.0 Å². The van der Waals surface area contributed by atoms with Gasteiger partial charge in [0.2, 0.25) is 11.8 Å². The summed E-state index contributed by atoms with van der Waals surface area (Å²) in [7, 11) is -2.63. The van der Waals surface area contributed by atoms with Crippen LogP contribution in [0.15, 0.2) is 83.8 Å². The van der Waals surface area contributed by atoms with Gasteiger partial charge in [-0.1, -0.05) is 48.5 Å². The van der Waals surface area contributed by atoms with Crippen LogP contribution in [-0.2, 0) is 26.2 Å². The quantitative estimate of drug-likeness (QED) is 0.413. The molecule has 3 aromatic rings. The lowest BCUT2D eigenvalue weighted by atomic mass is 10.1. The molecule has 8 nitrogen and oxygen atoms in total. The fourth-order valence-electron chi connectivity index (χ4n) is 3.89. The molecule has 0 saturated heterocycles. The van der Waals surface area contributed by atoms with E-state index in [1.165, 1.54) is 24.1 Å². The van der Waals surface area contributed by atoms with Crippen molar-refractivity contribution in [2.75, 3.05) is 24.5 Å². The third kappa shape index (κ3) is 6.68. The number of rotatable bonds is 11. The minimum absolute atomic E-state index is 0.0489. The number of nitrogens with zero attached hydrogens (tertiary/aromatic N) is 2. The molecule has 0 aliphatic heterocycles. The Kier molecular flexibility index (Phi) is 9.30. The van der Waals surface area contributed by atoms with Crippen molar-refractivity contribution in [2.45, 2.75) is 38.3 Å². The highest BCUT2D eigenvalue weighted by Gasteiger charge is 2.32. The van der Waals surface area contributed by atoms with Gasteiger partial charge in [0.1, 0.15) is 18.3 Å². The number of methoxy groups -OCH3 is 1. The monoisotopic (exact) mass is 523 g/mol. The minimum Gasteiger partial charge on any atom is -0.497 e. The second-order valence-corrected chi connectivity index (χ2v) is 10.4. The Labute approximate surface area is 218 Å². The fourth-order valence-corrected chi connectivity index (χ4v) is 5.32. The lowest BCUT2D eigenvalue weighted by molar-refractivity contribution is -0.139. The van der Waals surface area contributed by atoms with Crippen molar-refractivity contribution in [3.63, 3.8) is 0 Å². The van der Waals surface area contributed by atoms with Crippen LogP contribution in [0.4, 0.5) is 5.69 Å². The van der Waals surface area contributed by atoms with Crippen LogP contribution in [-0.4, -0.2) is 51.4 Å². The molecule has 3 rings (SSSR count). The SMILES string of the molecule is CCNC(=O)[C@H](C)N(Cc1ccccc1C)C(=O)CN(c1cccc(OC)c1)S(=O)(=O)c1ccccc1. The molecule has 0 heterocycles. The second-order valence-electron chi connectivity index (χ2n) is 8.54. The number of carbonyl (C=O) groups excluding carboxylic acids is 2. The maximum atomic E-state index is 13.8. The Morgan fingerprint density at radius 1 is 0.973 bits per heavy atom. The van der Waals surface area contributed by atoms with E-state index in [9.17, 15) is 18.0 Å². The van der Waals surface area contributed by atoms with Crippen LogP contribution in [0.25, 0.3) is 0 Å². The van der Waals surface area contributed by atoms with Gasteiger partial charge in [-0.2, -0.15) is 0 Å². The molecule has 1 atom stereocenters. The highest BCUT2D eigenvalue weighted by atomic mass is 32.2. The Morgan fingerprint density at radius 3 is 2.30 bits per heavy atom.